The van der Waals surface area contributed by atoms with Crippen molar-refractivity contribution in [1.29, 1.82) is 0 Å². The Morgan fingerprint density at radius 2 is 2.05 bits per heavy atom. The number of aromatic nitrogens is 4. The predicted molar refractivity (Wildman–Crippen MR) is 76.3 cm³/mol. The van der Waals surface area contributed by atoms with Gasteiger partial charge in [-0.05, 0) is 26.0 Å². The molecular formula is C14H14FN5O. The third-order valence-electron chi connectivity index (χ3n) is 3.20. The lowest BCUT2D eigenvalue weighted by molar-refractivity contribution is 0.0747. The Labute approximate surface area is 120 Å². The molecule has 3 N–H and O–H groups in total. The van der Waals surface area contributed by atoms with Crippen LogP contribution in [0.4, 0.5) is 10.3 Å². The first-order valence-corrected chi connectivity index (χ1v) is 6.34. The fourth-order valence-corrected chi connectivity index (χ4v) is 2.18. The summed E-state index contributed by atoms with van der Waals surface area (Å²) >= 11 is 0. The first-order chi connectivity index (χ1) is 9.86. The van der Waals surface area contributed by atoms with Crippen LogP contribution in [0.2, 0.25) is 0 Å². The number of nitrogens with two attached hydrogens (primary N) is 1. The van der Waals surface area contributed by atoms with Crippen molar-refractivity contribution >= 4 is 17.0 Å². The fraction of sp³-hybridized carbons (Fsp3) is 0.214. The Morgan fingerprint density at radius 1 is 1.29 bits per heavy atom. The molecule has 0 atom stereocenters. The summed E-state index contributed by atoms with van der Waals surface area (Å²) in [6.07, 6.45) is 3.06. The van der Waals surface area contributed by atoms with Gasteiger partial charge in [0.2, 0.25) is 5.95 Å². The molecule has 3 aromatic rings. The second-order valence-corrected chi connectivity index (χ2v) is 5.27. The number of halogens is 1. The van der Waals surface area contributed by atoms with Gasteiger partial charge in [0.05, 0.1) is 16.6 Å². The highest BCUT2D eigenvalue weighted by Crippen LogP contribution is 2.28. The lowest BCUT2D eigenvalue weighted by Gasteiger charge is -2.18. The molecule has 7 heteroatoms. The molecule has 0 aliphatic carbocycles. The van der Waals surface area contributed by atoms with Gasteiger partial charge in [0.25, 0.3) is 0 Å². The third kappa shape index (κ3) is 2.31. The molecule has 1 aromatic carbocycles. The minimum atomic E-state index is -1.29. The zero-order chi connectivity index (χ0) is 15.2. The van der Waals surface area contributed by atoms with Crippen molar-refractivity contribution in [1.82, 2.24) is 19.5 Å². The first-order valence-electron chi connectivity index (χ1n) is 6.34. The molecule has 6 nitrogen and oxygen atoms in total. The van der Waals surface area contributed by atoms with Crippen molar-refractivity contribution in [3.05, 3.63) is 42.1 Å². The SMILES string of the molecule is CC(C)(O)c1cc2c(cc1F)ncn2-c1ccnc(N)n1. The van der Waals surface area contributed by atoms with E-state index in [0.717, 1.165) is 0 Å². The number of nitrogens with zero attached hydrogens (tertiary/aromatic N) is 4. The molecular weight excluding hydrogens is 273 g/mol. The summed E-state index contributed by atoms with van der Waals surface area (Å²) < 4.78 is 15.7. The van der Waals surface area contributed by atoms with Crippen LogP contribution in [0.5, 0.6) is 0 Å². The fourth-order valence-electron chi connectivity index (χ4n) is 2.18. The van der Waals surface area contributed by atoms with Gasteiger partial charge in [-0.2, -0.15) is 4.98 Å². The van der Waals surface area contributed by atoms with Gasteiger partial charge in [0, 0.05) is 17.8 Å². The van der Waals surface area contributed by atoms with Gasteiger partial charge in [0.1, 0.15) is 18.0 Å². The summed E-state index contributed by atoms with van der Waals surface area (Å²) in [6.45, 7) is 3.06. The quantitative estimate of drug-likeness (QED) is 0.749. The molecule has 2 heterocycles. The van der Waals surface area contributed by atoms with Crippen molar-refractivity contribution < 1.29 is 9.50 Å². The van der Waals surface area contributed by atoms with E-state index in [1.54, 1.807) is 16.7 Å². The van der Waals surface area contributed by atoms with E-state index in [2.05, 4.69) is 15.0 Å². The van der Waals surface area contributed by atoms with Crippen LogP contribution in [-0.4, -0.2) is 24.6 Å². The van der Waals surface area contributed by atoms with Crippen molar-refractivity contribution in [3.63, 3.8) is 0 Å². The molecule has 21 heavy (non-hydrogen) atoms. The summed E-state index contributed by atoms with van der Waals surface area (Å²) in [6, 6.07) is 4.53. The molecule has 0 saturated heterocycles. The number of anilines is 1. The molecule has 2 aromatic heterocycles. The molecule has 0 fully saturated rings. The van der Waals surface area contributed by atoms with Crippen molar-refractivity contribution in [2.45, 2.75) is 19.4 Å². The molecule has 0 unspecified atom stereocenters. The molecule has 0 saturated carbocycles. The van der Waals surface area contributed by atoms with Gasteiger partial charge in [-0.15, -0.1) is 0 Å². The number of nitrogen functional groups attached to an aromatic ring is 1. The average Bonchev–Trinajstić information content (AvgIpc) is 2.79. The summed E-state index contributed by atoms with van der Waals surface area (Å²) in [5.41, 5.74) is 5.58. The van der Waals surface area contributed by atoms with Crippen molar-refractivity contribution in [2.75, 3.05) is 5.73 Å². The monoisotopic (exact) mass is 287 g/mol. The number of fused-ring (bicyclic) bond motifs is 1. The number of hydrogen-bond acceptors (Lipinski definition) is 5. The second-order valence-electron chi connectivity index (χ2n) is 5.27. The Bertz CT molecular complexity index is 822. The van der Waals surface area contributed by atoms with E-state index < -0.39 is 11.4 Å². The normalized spacial score (nSPS) is 12.0. The van der Waals surface area contributed by atoms with E-state index in [-0.39, 0.29) is 11.5 Å². The highest BCUT2D eigenvalue weighted by Gasteiger charge is 2.22. The first kappa shape index (κ1) is 13.4. The van der Waals surface area contributed by atoms with Crippen molar-refractivity contribution in [3.8, 4) is 5.82 Å². The van der Waals surface area contributed by atoms with E-state index in [4.69, 9.17) is 5.73 Å². The summed E-state index contributed by atoms with van der Waals surface area (Å²) in [5.74, 6) is 0.167. The summed E-state index contributed by atoms with van der Waals surface area (Å²) in [7, 11) is 0. The standard InChI is InChI=1S/C14H14FN5O/c1-14(2,21)8-5-11-10(6-9(8)15)18-7-20(11)12-3-4-17-13(16)19-12/h3-7,21H,1-2H3,(H2,16,17,19). The van der Waals surface area contributed by atoms with Gasteiger partial charge < -0.3 is 10.8 Å². The largest absolute Gasteiger partial charge is 0.386 e. The van der Waals surface area contributed by atoms with Crippen LogP contribution in [0.3, 0.4) is 0 Å². The number of hydrogen-bond donors (Lipinski definition) is 2. The van der Waals surface area contributed by atoms with E-state index in [1.165, 1.54) is 32.4 Å². The topological polar surface area (TPSA) is 89.9 Å². The smallest absolute Gasteiger partial charge is 0.221 e. The minimum Gasteiger partial charge on any atom is -0.386 e. The maximum absolute atomic E-state index is 14.0. The van der Waals surface area contributed by atoms with Crippen molar-refractivity contribution in [2.24, 2.45) is 0 Å². The van der Waals surface area contributed by atoms with Crippen LogP contribution in [0.15, 0.2) is 30.7 Å². The molecule has 0 aliphatic rings. The molecule has 3 rings (SSSR count). The molecule has 0 spiro atoms. The van der Waals surface area contributed by atoms with Crippen LogP contribution in [0, 0.1) is 5.82 Å². The zero-order valence-electron chi connectivity index (χ0n) is 11.6. The Hall–Kier alpha value is -2.54. The van der Waals surface area contributed by atoms with E-state index in [1.807, 2.05) is 0 Å². The third-order valence-corrected chi connectivity index (χ3v) is 3.20. The lowest BCUT2D eigenvalue weighted by atomic mass is 9.97. The Morgan fingerprint density at radius 3 is 2.71 bits per heavy atom. The average molecular weight is 287 g/mol. The van der Waals surface area contributed by atoms with Gasteiger partial charge >= 0.3 is 0 Å². The maximum Gasteiger partial charge on any atom is 0.221 e. The lowest BCUT2D eigenvalue weighted by Crippen LogP contribution is -2.17. The van der Waals surface area contributed by atoms with Crippen LogP contribution >= 0.6 is 0 Å². The van der Waals surface area contributed by atoms with Gasteiger partial charge in [-0.25, -0.2) is 14.4 Å². The van der Waals surface area contributed by atoms with Gasteiger partial charge in [-0.3, -0.25) is 4.57 Å². The maximum atomic E-state index is 14.0. The van der Waals surface area contributed by atoms with Crippen LogP contribution in [0.1, 0.15) is 19.4 Å². The molecule has 0 amide bonds. The number of rotatable bonds is 2. The second kappa shape index (κ2) is 4.49. The van der Waals surface area contributed by atoms with E-state index in [9.17, 15) is 9.50 Å². The molecule has 0 radical (unpaired) electrons. The molecule has 0 aliphatic heterocycles. The predicted octanol–water partition coefficient (Wildman–Crippen LogP) is 1.76. The van der Waals surface area contributed by atoms with Gasteiger partial charge in [0.15, 0.2) is 0 Å². The summed E-state index contributed by atoms with van der Waals surface area (Å²) in [5, 5.41) is 10.1. The summed E-state index contributed by atoms with van der Waals surface area (Å²) in [4.78, 5) is 12.1. The highest BCUT2D eigenvalue weighted by molar-refractivity contribution is 5.78. The van der Waals surface area contributed by atoms with Crippen LogP contribution < -0.4 is 5.73 Å². The van der Waals surface area contributed by atoms with Crippen LogP contribution in [-0.2, 0) is 5.60 Å². The van der Waals surface area contributed by atoms with Gasteiger partial charge in [-0.1, -0.05) is 0 Å². The molecule has 108 valence electrons. The Kier molecular flexibility index (Phi) is 2.87. The number of imidazole rings is 1. The highest BCUT2D eigenvalue weighted by atomic mass is 19.1. The van der Waals surface area contributed by atoms with E-state index >= 15 is 0 Å². The minimum absolute atomic E-state index is 0.138. The number of aliphatic hydroxyl groups is 1. The van der Waals surface area contributed by atoms with Crippen LogP contribution in [0.25, 0.3) is 16.9 Å². The Balaban J connectivity index is 2.26. The number of benzene rings is 1. The molecule has 0 bridgehead atoms. The van der Waals surface area contributed by atoms with E-state index in [0.29, 0.717) is 16.9 Å². The zero-order valence-corrected chi connectivity index (χ0v) is 11.6.